The van der Waals surface area contributed by atoms with Gasteiger partial charge >= 0.3 is 0 Å². The van der Waals surface area contributed by atoms with E-state index in [0.29, 0.717) is 0 Å². The van der Waals surface area contributed by atoms with Crippen LogP contribution in [0.1, 0.15) is 86.0 Å². The Hall–Kier alpha value is -5.27. The second-order valence-corrected chi connectivity index (χ2v) is 15.1. The standard InChI is InChI=1S/C48H41N/c1-30-39(31-15-8-6-9-16-31)29-44(32-17-10-7-11-18-32)49-46(30)38-20-14-22-41-45(38)37-26-24-34(28-43(37)48(41,4)5)33-23-25-36-35-19-12-13-21-40(35)47(2,3)42(36)27-33/h6-28,46H,29H2,1-5H3. The van der Waals surface area contributed by atoms with Gasteiger partial charge in [0.25, 0.3) is 0 Å². The van der Waals surface area contributed by atoms with Crippen LogP contribution in [0.4, 0.5) is 0 Å². The van der Waals surface area contributed by atoms with E-state index in [-0.39, 0.29) is 16.9 Å². The SMILES string of the molecule is CC1=C(c2ccccc2)CC(c2ccccc2)=NC1c1cccc2c1-c1ccc(-c3ccc4c(c3)C(C)(C)c3ccccc3-4)cc1C2(C)C. The fourth-order valence-corrected chi connectivity index (χ4v) is 8.96. The zero-order valence-corrected chi connectivity index (χ0v) is 29.0. The number of aliphatic imine (C=N–C) groups is 1. The number of allylic oxidation sites excluding steroid dienone is 1. The molecule has 9 rings (SSSR count). The van der Waals surface area contributed by atoms with Gasteiger partial charge in [0.1, 0.15) is 0 Å². The van der Waals surface area contributed by atoms with Gasteiger partial charge in [0.05, 0.1) is 6.04 Å². The van der Waals surface area contributed by atoms with Crippen LogP contribution in [0.15, 0.2) is 150 Å². The Labute approximate surface area is 290 Å². The quantitative estimate of drug-likeness (QED) is 0.184. The Morgan fingerprint density at radius 3 is 1.76 bits per heavy atom. The Balaban J connectivity index is 1.18. The summed E-state index contributed by atoms with van der Waals surface area (Å²) in [5.74, 6) is 0. The molecular weight excluding hydrogens is 591 g/mol. The summed E-state index contributed by atoms with van der Waals surface area (Å²) in [6.07, 6.45) is 0.833. The minimum atomic E-state index is -0.135. The molecule has 0 saturated heterocycles. The summed E-state index contributed by atoms with van der Waals surface area (Å²) in [5, 5.41) is 0. The molecule has 6 aromatic carbocycles. The first-order chi connectivity index (χ1) is 23.7. The maximum atomic E-state index is 5.57. The summed E-state index contributed by atoms with van der Waals surface area (Å²) in [4.78, 5) is 5.57. The molecule has 0 fully saturated rings. The minimum absolute atomic E-state index is 0.0217. The molecule has 0 bridgehead atoms. The van der Waals surface area contributed by atoms with Gasteiger partial charge in [0.2, 0.25) is 0 Å². The van der Waals surface area contributed by atoms with Crippen molar-refractivity contribution in [1.82, 2.24) is 0 Å². The van der Waals surface area contributed by atoms with E-state index in [0.717, 1.165) is 12.1 Å². The minimum Gasteiger partial charge on any atom is -0.276 e. The van der Waals surface area contributed by atoms with Crippen molar-refractivity contribution in [2.45, 2.75) is 57.9 Å². The molecule has 2 aliphatic carbocycles. The van der Waals surface area contributed by atoms with Crippen LogP contribution in [-0.4, -0.2) is 5.71 Å². The van der Waals surface area contributed by atoms with Crippen LogP contribution < -0.4 is 0 Å². The first kappa shape index (κ1) is 29.8. The smallest absolute Gasteiger partial charge is 0.0972 e. The molecule has 0 N–H and O–H groups in total. The lowest BCUT2D eigenvalue weighted by Crippen LogP contribution is -2.17. The van der Waals surface area contributed by atoms with Crippen molar-refractivity contribution in [1.29, 1.82) is 0 Å². The molecule has 238 valence electrons. The van der Waals surface area contributed by atoms with E-state index in [1.165, 1.54) is 83.5 Å². The van der Waals surface area contributed by atoms with Crippen molar-refractivity contribution in [3.63, 3.8) is 0 Å². The van der Waals surface area contributed by atoms with E-state index < -0.39 is 0 Å². The maximum absolute atomic E-state index is 5.57. The number of hydrogen-bond donors (Lipinski definition) is 0. The van der Waals surface area contributed by atoms with E-state index in [1.54, 1.807) is 0 Å². The van der Waals surface area contributed by atoms with E-state index in [1.807, 2.05) is 0 Å². The number of dihydropyridines is 1. The highest BCUT2D eigenvalue weighted by Gasteiger charge is 2.40. The van der Waals surface area contributed by atoms with Crippen LogP contribution in [-0.2, 0) is 10.8 Å². The molecule has 6 aromatic rings. The number of fused-ring (bicyclic) bond motifs is 6. The summed E-state index contributed by atoms with van der Waals surface area (Å²) in [5.41, 5.74) is 21.1. The van der Waals surface area contributed by atoms with E-state index in [9.17, 15) is 0 Å². The molecule has 1 heteroatoms. The van der Waals surface area contributed by atoms with Crippen molar-refractivity contribution in [3.8, 4) is 33.4 Å². The molecule has 0 spiro atoms. The van der Waals surface area contributed by atoms with Gasteiger partial charge in [-0.2, -0.15) is 0 Å². The molecule has 1 aliphatic heterocycles. The lowest BCUT2D eigenvalue weighted by molar-refractivity contribution is 0.659. The van der Waals surface area contributed by atoms with Crippen LogP contribution in [0.25, 0.3) is 39.0 Å². The molecule has 0 aromatic heterocycles. The first-order valence-electron chi connectivity index (χ1n) is 17.6. The average molecular weight is 632 g/mol. The lowest BCUT2D eigenvalue weighted by atomic mass is 9.79. The van der Waals surface area contributed by atoms with Crippen molar-refractivity contribution in [2.75, 3.05) is 0 Å². The monoisotopic (exact) mass is 631 g/mol. The molecule has 0 amide bonds. The number of benzene rings is 6. The van der Waals surface area contributed by atoms with Gasteiger partial charge in [-0.05, 0) is 103 Å². The van der Waals surface area contributed by atoms with Gasteiger partial charge in [0, 0.05) is 23.0 Å². The zero-order valence-electron chi connectivity index (χ0n) is 29.0. The van der Waals surface area contributed by atoms with Crippen LogP contribution in [0.2, 0.25) is 0 Å². The zero-order chi connectivity index (χ0) is 33.5. The van der Waals surface area contributed by atoms with Crippen molar-refractivity contribution in [2.24, 2.45) is 4.99 Å². The predicted octanol–water partition coefficient (Wildman–Crippen LogP) is 12.4. The van der Waals surface area contributed by atoms with Gasteiger partial charge in [0.15, 0.2) is 0 Å². The largest absolute Gasteiger partial charge is 0.276 e. The summed E-state index contributed by atoms with van der Waals surface area (Å²) in [7, 11) is 0. The van der Waals surface area contributed by atoms with Crippen molar-refractivity contribution >= 4 is 11.3 Å². The molecule has 1 unspecified atom stereocenters. The molecule has 0 radical (unpaired) electrons. The van der Waals surface area contributed by atoms with Crippen LogP contribution >= 0.6 is 0 Å². The molecule has 1 atom stereocenters. The Bertz CT molecular complexity index is 2350. The second-order valence-electron chi connectivity index (χ2n) is 15.1. The first-order valence-corrected chi connectivity index (χ1v) is 17.6. The molecule has 0 saturated carbocycles. The highest BCUT2D eigenvalue weighted by Crippen LogP contribution is 2.55. The lowest BCUT2D eigenvalue weighted by Gasteiger charge is -2.28. The Morgan fingerprint density at radius 2 is 1.04 bits per heavy atom. The Morgan fingerprint density at radius 1 is 0.490 bits per heavy atom. The number of hydrogen-bond acceptors (Lipinski definition) is 1. The van der Waals surface area contributed by atoms with E-state index in [2.05, 4.69) is 174 Å². The van der Waals surface area contributed by atoms with E-state index >= 15 is 0 Å². The number of nitrogens with zero attached hydrogens (tertiary/aromatic N) is 1. The molecule has 1 nitrogen and oxygen atoms in total. The summed E-state index contributed by atoms with van der Waals surface area (Å²) >= 11 is 0. The van der Waals surface area contributed by atoms with Crippen molar-refractivity contribution < 1.29 is 0 Å². The van der Waals surface area contributed by atoms with Gasteiger partial charge in [-0.15, -0.1) is 0 Å². The topological polar surface area (TPSA) is 12.4 Å². The van der Waals surface area contributed by atoms with Gasteiger partial charge < -0.3 is 0 Å². The van der Waals surface area contributed by atoms with Crippen LogP contribution in [0.3, 0.4) is 0 Å². The van der Waals surface area contributed by atoms with Gasteiger partial charge in [-0.3, -0.25) is 4.99 Å². The third kappa shape index (κ3) is 4.48. The van der Waals surface area contributed by atoms with Gasteiger partial charge in [-0.1, -0.05) is 155 Å². The molecule has 49 heavy (non-hydrogen) atoms. The van der Waals surface area contributed by atoms with E-state index in [4.69, 9.17) is 4.99 Å². The third-order valence-corrected chi connectivity index (χ3v) is 11.7. The van der Waals surface area contributed by atoms with Gasteiger partial charge in [-0.25, -0.2) is 0 Å². The van der Waals surface area contributed by atoms with Crippen LogP contribution in [0.5, 0.6) is 0 Å². The van der Waals surface area contributed by atoms with Crippen LogP contribution in [0, 0.1) is 0 Å². The Kier molecular flexibility index (Phi) is 6.62. The summed E-state index contributed by atoms with van der Waals surface area (Å²) in [6, 6.07) is 51.7. The molecule has 1 heterocycles. The molecule has 3 aliphatic rings. The maximum Gasteiger partial charge on any atom is 0.0972 e. The predicted molar refractivity (Wildman–Crippen MR) is 206 cm³/mol. The summed E-state index contributed by atoms with van der Waals surface area (Å²) < 4.78 is 0. The normalized spacial score (nSPS) is 18.0. The fourth-order valence-electron chi connectivity index (χ4n) is 8.96. The average Bonchev–Trinajstić information content (AvgIpc) is 3.51. The third-order valence-electron chi connectivity index (χ3n) is 11.7. The highest BCUT2D eigenvalue weighted by atomic mass is 14.8. The summed E-state index contributed by atoms with van der Waals surface area (Å²) in [6.45, 7) is 11.8. The second kappa shape index (κ2) is 10.9. The highest BCUT2D eigenvalue weighted by molar-refractivity contribution is 6.08. The fraction of sp³-hybridized carbons (Fsp3) is 0.188. The molecular formula is C48H41N. The number of rotatable bonds is 4. The van der Waals surface area contributed by atoms with Crippen molar-refractivity contribution in [3.05, 3.63) is 184 Å².